The fourth-order valence-electron chi connectivity index (χ4n) is 2.27. The zero-order chi connectivity index (χ0) is 24.0. The summed E-state index contributed by atoms with van der Waals surface area (Å²) in [5.41, 5.74) is -0.0532. The molecule has 0 spiro atoms. The number of carbonyl (C=O) groups is 1. The summed E-state index contributed by atoms with van der Waals surface area (Å²) in [6, 6.07) is 12.4. The zero-order valence-electron chi connectivity index (χ0n) is 19.0. The Morgan fingerprint density at radius 1 is 1.03 bits per heavy atom. The van der Waals surface area contributed by atoms with Crippen molar-refractivity contribution in [3.05, 3.63) is 54.1 Å². The van der Waals surface area contributed by atoms with Crippen LogP contribution in [0.3, 0.4) is 0 Å². The first-order valence-corrected chi connectivity index (χ1v) is 11.6. The predicted octanol–water partition coefficient (Wildman–Crippen LogP) is 1.87. The first-order chi connectivity index (χ1) is 14.8. The second-order valence-corrected chi connectivity index (χ2v) is 10.1. The quantitative estimate of drug-likeness (QED) is 0.368. The molecule has 1 radical (unpaired) electrons. The van der Waals surface area contributed by atoms with Crippen LogP contribution in [0.5, 0.6) is 5.75 Å². The molecule has 2 aromatic carbocycles. The molecule has 3 N–H and O–H groups in total. The van der Waals surface area contributed by atoms with Gasteiger partial charge in [-0.3, -0.25) is 0 Å². The van der Waals surface area contributed by atoms with Gasteiger partial charge in [0.05, 0.1) is 22.6 Å². The third kappa shape index (κ3) is 7.54. The number of carbonyl (C=O) groups excluding carboxylic acids is 1. The molecular formula is C22H30BN2O6S. The van der Waals surface area contributed by atoms with E-state index >= 15 is 0 Å². The number of aryl methyl sites for hydroxylation is 1. The van der Waals surface area contributed by atoms with E-state index in [-0.39, 0.29) is 18.0 Å². The molecule has 0 aromatic heterocycles. The number of rotatable bonds is 10. The van der Waals surface area contributed by atoms with E-state index in [9.17, 15) is 18.3 Å². The predicted molar refractivity (Wildman–Crippen MR) is 124 cm³/mol. The monoisotopic (exact) mass is 461 g/mol. The Labute approximate surface area is 190 Å². The highest BCUT2D eigenvalue weighted by Crippen LogP contribution is 2.24. The summed E-state index contributed by atoms with van der Waals surface area (Å²) in [5, 5.41) is 12.6. The molecule has 0 bridgehead atoms. The van der Waals surface area contributed by atoms with Gasteiger partial charge in [0.25, 0.3) is 10.0 Å². The fourth-order valence-corrected chi connectivity index (χ4v) is 3.20. The van der Waals surface area contributed by atoms with Crippen LogP contribution in [-0.4, -0.2) is 51.4 Å². The largest absolute Gasteiger partial charge is 0.492 e. The number of benzene rings is 2. The molecule has 10 heteroatoms. The third-order valence-corrected chi connectivity index (χ3v) is 6.40. The van der Waals surface area contributed by atoms with Gasteiger partial charge in [0, 0.05) is 0 Å². The normalized spacial score (nSPS) is 12.2. The first kappa shape index (κ1) is 25.7. The molecule has 173 valence electrons. The molecule has 0 saturated heterocycles. The molecule has 0 unspecified atom stereocenters. The van der Waals surface area contributed by atoms with Crippen molar-refractivity contribution in [3.63, 3.8) is 0 Å². The summed E-state index contributed by atoms with van der Waals surface area (Å²) >= 11 is 0. The number of aliphatic hydroxyl groups is 1. The maximum absolute atomic E-state index is 12.2. The van der Waals surface area contributed by atoms with Crippen LogP contribution in [0.15, 0.2) is 53.4 Å². The topological polar surface area (TPSA) is 114 Å². The van der Waals surface area contributed by atoms with Crippen LogP contribution in [0.1, 0.15) is 33.3 Å². The average Bonchev–Trinajstić information content (AvgIpc) is 2.70. The molecule has 32 heavy (non-hydrogen) atoms. The number of ether oxygens (including phenoxy) is 1. The van der Waals surface area contributed by atoms with Crippen LogP contribution in [0.25, 0.3) is 0 Å². The highest BCUT2D eigenvalue weighted by Gasteiger charge is 2.35. The van der Waals surface area contributed by atoms with Gasteiger partial charge in [-0.25, -0.2) is 17.9 Å². The van der Waals surface area contributed by atoms with E-state index in [0.717, 1.165) is 11.0 Å². The summed E-state index contributed by atoms with van der Waals surface area (Å²) in [5.74, 6) is 0.582. The highest BCUT2D eigenvalue weighted by molar-refractivity contribution is 7.90. The summed E-state index contributed by atoms with van der Waals surface area (Å²) in [4.78, 5) is 11.9. The van der Waals surface area contributed by atoms with Gasteiger partial charge in [0.2, 0.25) is 0 Å². The lowest BCUT2D eigenvalue weighted by Crippen LogP contribution is -2.49. The third-order valence-electron chi connectivity index (χ3n) is 5.06. The van der Waals surface area contributed by atoms with E-state index in [1.54, 1.807) is 71.6 Å². The number of hydrogen-bond acceptors (Lipinski definition) is 6. The van der Waals surface area contributed by atoms with Gasteiger partial charge in [0.15, 0.2) is 0 Å². The minimum Gasteiger partial charge on any atom is -0.492 e. The van der Waals surface area contributed by atoms with Crippen LogP contribution in [-0.2, 0) is 14.7 Å². The Hall–Kier alpha value is -2.56. The minimum absolute atomic E-state index is 0.0151. The number of urea groups is 1. The Kier molecular flexibility index (Phi) is 8.33. The fraction of sp³-hybridized carbons (Fsp3) is 0.409. The van der Waals surface area contributed by atoms with Gasteiger partial charge in [0.1, 0.15) is 12.4 Å². The van der Waals surface area contributed by atoms with Crippen molar-refractivity contribution in [2.45, 2.75) is 50.7 Å². The van der Waals surface area contributed by atoms with Crippen molar-refractivity contribution in [2.75, 3.05) is 13.2 Å². The second kappa shape index (κ2) is 10.4. The molecule has 2 rings (SSSR count). The van der Waals surface area contributed by atoms with Crippen molar-refractivity contribution < 1.29 is 27.7 Å². The molecule has 0 atom stereocenters. The Morgan fingerprint density at radius 3 is 2.19 bits per heavy atom. The summed E-state index contributed by atoms with van der Waals surface area (Å²) in [6.07, 6.45) is 0. The number of hydrogen-bond donors (Lipinski definition) is 3. The number of sulfonamides is 1. The molecule has 0 aliphatic rings. The second-order valence-electron chi connectivity index (χ2n) is 8.40. The van der Waals surface area contributed by atoms with Crippen molar-refractivity contribution in [1.29, 1.82) is 0 Å². The lowest BCUT2D eigenvalue weighted by Gasteiger charge is -2.37. The average molecular weight is 461 g/mol. The molecule has 0 heterocycles. The van der Waals surface area contributed by atoms with Crippen molar-refractivity contribution in [2.24, 2.45) is 0 Å². The van der Waals surface area contributed by atoms with Crippen LogP contribution in [0, 0.1) is 6.92 Å². The first-order valence-electron chi connectivity index (χ1n) is 10.1. The highest BCUT2D eigenvalue weighted by atomic mass is 32.2. The molecule has 0 aliphatic carbocycles. The standard InChI is InChI=1S/C22H30BN2O6S/c1-16-6-12-19(13-7-16)32(28,29)25-20(26)24-14-15-30-18-10-8-17(9-11-18)23-31-22(4,5)21(2,3)27/h6-13,27H,14-15H2,1-5H3,(H2,24,25,26). The Morgan fingerprint density at radius 2 is 1.62 bits per heavy atom. The maximum atomic E-state index is 12.2. The molecule has 8 nitrogen and oxygen atoms in total. The van der Waals surface area contributed by atoms with Gasteiger partial charge in [-0.05, 0) is 58.9 Å². The van der Waals surface area contributed by atoms with Crippen LogP contribution in [0.2, 0.25) is 0 Å². The number of amides is 2. The lowest BCUT2D eigenvalue weighted by molar-refractivity contribution is -0.0893. The van der Waals surface area contributed by atoms with Crippen LogP contribution in [0.4, 0.5) is 4.79 Å². The smallest absolute Gasteiger partial charge is 0.330 e. The summed E-state index contributed by atoms with van der Waals surface area (Å²) in [6.45, 7) is 9.09. The summed E-state index contributed by atoms with van der Waals surface area (Å²) in [7, 11) is -2.36. The van der Waals surface area contributed by atoms with E-state index < -0.39 is 27.3 Å². The van der Waals surface area contributed by atoms with Gasteiger partial charge >= 0.3 is 13.5 Å². The molecule has 0 aliphatic heterocycles. The lowest BCUT2D eigenvalue weighted by atomic mass is 9.82. The van der Waals surface area contributed by atoms with Crippen molar-refractivity contribution >= 4 is 29.0 Å². The van der Waals surface area contributed by atoms with Crippen molar-refractivity contribution in [1.82, 2.24) is 10.0 Å². The van der Waals surface area contributed by atoms with E-state index in [0.29, 0.717) is 5.75 Å². The number of nitrogens with one attached hydrogen (secondary N) is 2. The van der Waals surface area contributed by atoms with Gasteiger partial charge < -0.3 is 19.8 Å². The van der Waals surface area contributed by atoms with Crippen LogP contribution >= 0.6 is 0 Å². The Balaban J connectivity index is 1.74. The van der Waals surface area contributed by atoms with Gasteiger partial charge in [-0.1, -0.05) is 35.3 Å². The van der Waals surface area contributed by atoms with Gasteiger partial charge in [-0.15, -0.1) is 0 Å². The summed E-state index contributed by atoms with van der Waals surface area (Å²) < 4.78 is 37.6. The van der Waals surface area contributed by atoms with E-state index in [2.05, 4.69) is 5.32 Å². The van der Waals surface area contributed by atoms with E-state index in [4.69, 9.17) is 9.39 Å². The molecule has 0 fully saturated rings. The van der Waals surface area contributed by atoms with Gasteiger partial charge in [-0.2, -0.15) is 0 Å². The SMILES string of the molecule is Cc1ccc(S(=O)(=O)NC(=O)NCCOc2ccc([B]OC(C)(C)C(C)(C)O)cc2)cc1. The van der Waals surface area contributed by atoms with E-state index in [1.165, 1.54) is 12.1 Å². The molecular weight excluding hydrogens is 431 g/mol. The van der Waals surface area contributed by atoms with Crippen molar-refractivity contribution in [3.8, 4) is 5.75 Å². The Bertz CT molecular complexity index is 1000. The molecule has 0 saturated carbocycles. The van der Waals surface area contributed by atoms with Crippen LogP contribution < -0.4 is 20.2 Å². The molecule has 2 aromatic rings. The maximum Gasteiger partial charge on any atom is 0.330 e. The molecule has 2 amide bonds. The minimum atomic E-state index is -3.93. The zero-order valence-corrected chi connectivity index (χ0v) is 19.8. The van der Waals surface area contributed by atoms with E-state index in [1.807, 2.05) is 11.6 Å².